The fraction of sp³-hybridized carbons (Fsp3) is 0.500. The number of hydrogen-bond donors (Lipinski definition) is 2. The van der Waals surface area contributed by atoms with Gasteiger partial charge in [-0.25, -0.2) is 0 Å². The number of para-hydroxylation sites is 1. The molecule has 1 aromatic carbocycles. The van der Waals surface area contributed by atoms with Crippen molar-refractivity contribution in [3.8, 4) is 5.75 Å². The fourth-order valence-electron chi connectivity index (χ4n) is 1.75. The summed E-state index contributed by atoms with van der Waals surface area (Å²) in [5.74, 6) is 0.700. The number of benzene rings is 1. The number of hydrogen-bond acceptors (Lipinski definition) is 4. The molecule has 104 valence electrons. The molecule has 0 aromatic heterocycles. The van der Waals surface area contributed by atoms with Crippen LogP contribution >= 0.6 is 0 Å². The van der Waals surface area contributed by atoms with Crippen molar-refractivity contribution in [2.75, 3.05) is 32.8 Å². The van der Waals surface area contributed by atoms with Crippen molar-refractivity contribution in [3.05, 3.63) is 30.3 Å². The molecule has 0 atom stereocenters. The molecule has 1 aliphatic heterocycles. The highest BCUT2D eigenvalue weighted by Gasteiger charge is 2.32. The van der Waals surface area contributed by atoms with E-state index in [9.17, 15) is 4.79 Å². The second kappa shape index (κ2) is 6.54. The van der Waals surface area contributed by atoms with Gasteiger partial charge < -0.3 is 20.1 Å². The van der Waals surface area contributed by atoms with E-state index in [0.717, 1.165) is 18.8 Å². The standard InChI is InChI=1S/C14H20N2O3/c1-14(10-15-11-14)19-9-13(17)16-7-8-18-12-5-3-2-4-6-12/h2-6,15H,7-11H2,1H3,(H,16,17). The molecule has 1 aliphatic rings. The van der Waals surface area contributed by atoms with E-state index in [-0.39, 0.29) is 18.1 Å². The van der Waals surface area contributed by atoms with E-state index in [2.05, 4.69) is 10.6 Å². The van der Waals surface area contributed by atoms with Gasteiger partial charge in [0.1, 0.15) is 19.0 Å². The van der Waals surface area contributed by atoms with Gasteiger partial charge in [-0.15, -0.1) is 0 Å². The SMILES string of the molecule is CC1(OCC(=O)NCCOc2ccccc2)CNC1. The summed E-state index contributed by atoms with van der Waals surface area (Å²) in [4.78, 5) is 11.5. The van der Waals surface area contributed by atoms with Crippen LogP contribution in [0.1, 0.15) is 6.92 Å². The summed E-state index contributed by atoms with van der Waals surface area (Å²) in [6.07, 6.45) is 0. The molecule has 0 spiro atoms. The highest BCUT2D eigenvalue weighted by molar-refractivity contribution is 5.77. The normalized spacial score (nSPS) is 16.5. The average molecular weight is 264 g/mol. The van der Waals surface area contributed by atoms with E-state index in [1.807, 2.05) is 37.3 Å². The maximum absolute atomic E-state index is 11.5. The molecule has 1 heterocycles. The van der Waals surface area contributed by atoms with E-state index in [1.165, 1.54) is 0 Å². The Balaban J connectivity index is 1.54. The average Bonchev–Trinajstić information content (AvgIpc) is 2.40. The second-order valence-corrected chi connectivity index (χ2v) is 4.85. The van der Waals surface area contributed by atoms with Crippen LogP contribution in [0.5, 0.6) is 5.75 Å². The van der Waals surface area contributed by atoms with Gasteiger partial charge in [0.15, 0.2) is 0 Å². The van der Waals surface area contributed by atoms with Gasteiger partial charge in [0.25, 0.3) is 0 Å². The minimum atomic E-state index is -0.183. The van der Waals surface area contributed by atoms with E-state index in [1.54, 1.807) is 0 Å². The zero-order chi connectivity index (χ0) is 13.6. The molecule has 0 bridgehead atoms. The Hall–Kier alpha value is -1.59. The van der Waals surface area contributed by atoms with Gasteiger partial charge in [-0.2, -0.15) is 0 Å². The maximum Gasteiger partial charge on any atom is 0.246 e. The third-order valence-corrected chi connectivity index (χ3v) is 2.99. The van der Waals surface area contributed by atoms with Crippen LogP contribution in [0.3, 0.4) is 0 Å². The van der Waals surface area contributed by atoms with Crippen molar-refractivity contribution in [1.29, 1.82) is 0 Å². The Morgan fingerprint density at radius 2 is 2.11 bits per heavy atom. The molecule has 0 unspecified atom stereocenters. The van der Waals surface area contributed by atoms with Gasteiger partial charge in [0.05, 0.1) is 12.1 Å². The molecular formula is C14H20N2O3. The van der Waals surface area contributed by atoms with E-state index >= 15 is 0 Å². The number of carbonyl (C=O) groups excluding carboxylic acids is 1. The number of amides is 1. The molecule has 1 amide bonds. The van der Waals surface area contributed by atoms with Crippen molar-refractivity contribution in [1.82, 2.24) is 10.6 Å². The van der Waals surface area contributed by atoms with Crippen LogP contribution in [0.2, 0.25) is 0 Å². The van der Waals surface area contributed by atoms with Crippen LogP contribution in [0, 0.1) is 0 Å². The van der Waals surface area contributed by atoms with Crippen molar-refractivity contribution >= 4 is 5.91 Å². The molecular weight excluding hydrogens is 244 g/mol. The molecule has 0 saturated carbocycles. The molecule has 5 nitrogen and oxygen atoms in total. The summed E-state index contributed by atoms with van der Waals surface area (Å²) >= 11 is 0. The van der Waals surface area contributed by atoms with E-state index in [4.69, 9.17) is 9.47 Å². The number of nitrogens with one attached hydrogen (secondary N) is 2. The van der Waals surface area contributed by atoms with Crippen molar-refractivity contribution < 1.29 is 14.3 Å². The smallest absolute Gasteiger partial charge is 0.246 e. The minimum Gasteiger partial charge on any atom is -0.492 e. The zero-order valence-electron chi connectivity index (χ0n) is 11.1. The number of ether oxygens (including phenoxy) is 2. The third kappa shape index (κ3) is 4.54. The quantitative estimate of drug-likeness (QED) is 0.707. The van der Waals surface area contributed by atoms with Crippen molar-refractivity contribution in [2.45, 2.75) is 12.5 Å². The van der Waals surface area contributed by atoms with Crippen LogP contribution in [0.15, 0.2) is 30.3 Å². The molecule has 2 rings (SSSR count). The summed E-state index contributed by atoms with van der Waals surface area (Å²) in [6.45, 7) is 4.63. The highest BCUT2D eigenvalue weighted by Crippen LogP contribution is 2.14. The van der Waals surface area contributed by atoms with Crippen LogP contribution in [-0.2, 0) is 9.53 Å². The first-order chi connectivity index (χ1) is 9.18. The molecule has 19 heavy (non-hydrogen) atoms. The predicted molar refractivity (Wildman–Crippen MR) is 72.2 cm³/mol. The minimum absolute atomic E-state index is 0.101. The van der Waals surface area contributed by atoms with Gasteiger partial charge in [-0.3, -0.25) is 4.79 Å². The molecule has 2 N–H and O–H groups in total. The second-order valence-electron chi connectivity index (χ2n) is 4.85. The molecule has 1 fully saturated rings. The third-order valence-electron chi connectivity index (χ3n) is 2.99. The predicted octanol–water partition coefficient (Wildman–Crippen LogP) is 0.560. The number of carbonyl (C=O) groups is 1. The first-order valence-corrected chi connectivity index (χ1v) is 6.47. The lowest BCUT2D eigenvalue weighted by atomic mass is 10.0. The van der Waals surface area contributed by atoms with E-state index in [0.29, 0.717) is 13.2 Å². The molecule has 1 saturated heterocycles. The Morgan fingerprint density at radius 1 is 1.37 bits per heavy atom. The summed E-state index contributed by atoms with van der Waals surface area (Å²) in [5, 5.41) is 5.88. The van der Waals surface area contributed by atoms with E-state index < -0.39 is 0 Å². The lowest BCUT2D eigenvalue weighted by Gasteiger charge is -2.38. The van der Waals surface area contributed by atoms with Crippen LogP contribution in [-0.4, -0.2) is 44.4 Å². The van der Waals surface area contributed by atoms with Gasteiger partial charge in [-0.1, -0.05) is 18.2 Å². The Morgan fingerprint density at radius 3 is 2.74 bits per heavy atom. The van der Waals surface area contributed by atoms with Gasteiger partial charge in [0, 0.05) is 13.1 Å². The Labute approximate surface area is 113 Å². The van der Waals surface area contributed by atoms with Crippen LogP contribution < -0.4 is 15.4 Å². The van der Waals surface area contributed by atoms with Crippen LogP contribution in [0.4, 0.5) is 0 Å². The zero-order valence-corrected chi connectivity index (χ0v) is 11.1. The topological polar surface area (TPSA) is 59.6 Å². The lowest BCUT2D eigenvalue weighted by molar-refractivity contribution is -0.135. The Bertz CT molecular complexity index is 404. The summed E-state index contributed by atoms with van der Waals surface area (Å²) in [5.41, 5.74) is -0.183. The van der Waals surface area contributed by atoms with Crippen molar-refractivity contribution in [3.63, 3.8) is 0 Å². The van der Waals surface area contributed by atoms with Crippen LogP contribution in [0.25, 0.3) is 0 Å². The van der Waals surface area contributed by atoms with Crippen molar-refractivity contribution in [2.24, 2.45) is 0 Å². The van der Waals surface area contributed by atoms with Gasteiger partial charge in [-0.05, 0) is 19.1 Å². The summed E-state index contributed by atoms with van der Waals surface area (Å²) in [7, 11) is 0. The first-order valence-electron chi connectivity index (χ1n) is 6.47. The first kappa shape index (κ1) is 13.8. The summed E-state index contributed by atoms with van der Waals surface area (Å²) in [6, 6.07) is 9.52. The molecule has 0 aliphatic carbocycles. The number of rotatable bonds is 7. The van der Waals surface area contributed by atoms with Gasteiger partial charge in [0.2, 0.25) is 5.91 Å². The molecule has 5 heteroatoms. The maximum atomic E-state index is 11.5. The summed E-state index contributed by atoms with van der Waals surface area (Å²) < 4.78 is 11.0. The monoisotopic (exact) mass is 264 g/mol. The largest absolute Gasteiger partial charge is 0.492 e. The van der Waals surface area contributed by atoms with Gasteiger partial charge >= 0.3 is 0 Å². The highest BCUT2D eigenvalue weighted by atomic mass is 16.5. The fourth-order valence-corrected chi connectivity index (χ4v) is 1.75. The lowest BCUT2D eigenvalue weighted by Crippen LogP contribution is -2.59. The molecule has 0 radical (unpaired) electrons. The molecule has 1 aromatic rings. The Kier molecular flexibility index (Phi) is 4.76.